The topological polar surface area (TPSA) is 75.7 Å². The molecule has 2 aromatic carbocycles. The molecule has 1 atom stereocenters. The zero-order valence-corrected chi connectivity index (χ0v) is 18.6. The van der Waals surface area contributed by atoms with Gasteiger partial charge in [-0.05, 0) is 68.2 Å². The summed E-state index contributed by atoms with van der Waals surface area (Å²) < 4.78 is 47.4. The fourth-order valence-electron chi connectivity index (χ4n) is 4.29. The Morgan fingerprint density at radius 1 is 1.06 bits per heavy atom. The third-order valence-corrected chi connectivity index (χ3v) is 8.17. The highest BCUT2D eigenvalue weighted by Gasteiger charge is 2.38. The van der Waals surface area contributed by atoms with Crippen LogP contribution in [0.3, 0.4) is 0 Å². The molecule has 2 saturated carbocycles. The number of para-hydroxylation sites is 1. The van der Waals surface area contributed by atoms with Crippen LogP contribution < -0.4 is 14.4 Å². The molecule has 3 fully saturated rings. The van der Waals surface area contributed by atoms with Gasteiger partial charge in [0.1, 0.15) is 17.7 Å². The Labute approximate surface area is 187 Å². The van der Waals surface area contributed by atoms with Gasteiger partial charge in [0.2, 0.25) is 10.0 Å². The second kappa shape index (κ2) is 8.39. The maximum atomic E-state index is 14.9. The standard InChI is InChI=1S/C24H27FN2O4S/c25-22-14-23(31-18-7-4-12-27(15-18)17-5-2-1-3-6-17)20(16-8-9-16)13-21(22)24(28)26-32(29,30)19-10-11-19/h1-3,5-6,13-14,16,18-19H,4,7-12,15H2,(H,26,28)/t18-/m1/s1. The lowest BCUT2D eigenvalue weighted by atomic mass is 10.0. The molecule has 0 spiro atoms. The average molecular weight is 459 g/mol. The highest BCUT2D eigenvalue weighted by atomic mass is 32.2. The van der Waals surface area contributed by atoms with Crippen LogP contribution in [0.2, 0.25) is 0 Å². The number of ether oxygens (including phenoxy) is 1. The van der Waals surface area contributed by atoms with Gasteiger partial charge in [-0.1, -0.05) is 18.2 Å². The molecule has 32 heavy (non-hydrogen) atoms. The van der Waals surface area contributed by atoms with Gasteiger partial charge in [-0.3, -0.25) is 4.79 Å². The van der Waals surface area contributed by atoms with Gasteiger partial charge in [-0.15, -0.1) is 0 Å². The van der Waals surface area contributed by atoms with Crippen molar-refractivity contribution in [3.8, 4) is 5.75 Å². The van der Waals surface area contributed by atoms with Crippen LogP contribution in [0.5, 0.6) is 5.75 Å². The number of amides is 1. The van der Waals surface area contributed by atoms with Crippen molar-refractivity contribution in [2.45, 2.75) is 55.8 Å². The number of sulfonamides is 1. The van der Waals surface area contributed by atoms with Crippen molar-refractivity contribution in [2.75, 3.05) is 18.0 Å². The third kappa shape index (κ3) is 4.60. The summed E-state index contributed by atoms with van der Waals surface area (Å²) >= 11 is 0. The summed E-state index contributed by atoms with van der Waals surface area (Å²) in [5, 5.41) is -0.543. The van der Waals surface area contributed by atoms with E-state index in [2.05, 4.69) is 17.0 Å². The summed E-state index contributed by atoms with van der Waals surface area (Å²) in [7, 11) is -3.74. The average Bonchev–Trinajstić information content (AvgIpc) is 3.67. The highest BCUT2D eigenvalue weighted by molar-refractivity contribution is 7.91. The molecule has 1 N–H and O–H groups in total. The Bertz CT molecular complexity index is 1110. The molecule has 0 aromatic heterocycles. The maximum Gasteiger partial charge on any atom is 0.267 e. The van der Waals surface area contributed by atoms with Gasteiger partial charge in [0.15, 0.2) is 0 Å². The predicted octanol–water partition coefficient (Wildman–Crippen LogP) is 3.97. The zero-order valence-electron chi connectivity index (χ0n) is 17.8. The van der Waals surface area contributed by atoms with Gasteiger partial charge in [0, 0.05) is 18.3 Å². The number of benzene rings is 2. The first-order valence-corrected chi connectivity index (χ1v) is 12.8. The van der Waals surface area contributed by atoms with Gasteiger partial charge in [-0.25, -0.2) is 17.5 Å². The van der Waals surface area contributed by atoms with Crippen LogP contribution in [0.25, 0.3) is 0 Å². The molecule has 1 heterocycles. The molecule has 0 unspecified atom stereocenters. The smallest absolute Gasteiger partial charge is 0.267 e. The highest BCUT2D eigenvalue weighted by Crippen LogP contribution is 2.45. The first kappa shape index (κ1) is 21.2. The van der Waals surface area contributed by atoms with Crippen LogP contribution in [-0.4, -0.2) is 38.8 Å². The Morgan fingerprint density at radius 3 is 2.50 bits per heavy atom. The van der Waals surface area contributed by atoms with E-state index in [1.54, 1.807) is 0 Å². The Hall–Kier alpha value is -2.61. The number of hydrogen-bond acceptors (Lipinski definition) is 5. The molecule has 1 amide bonds. The lowest BCUT2D eigenvalue weighted by Gasteiger charge is -2.35. The number of rotatable bonds is 7. The molecule has 8 heteroatoms. The van der Waals surface area contributed by atoms with Crippen LogP contribution in [0, 0.1) is 5.82 Å². The number of carbonyl (C=O) groups is 1. The van der Waals surface area contributed by atoms with Crippen LogP contribution in [0.1, 0.15) is 60.4 Å². The zero-order chi connectivity index (χ0) is 22.3. The van der Waals surface area contributed by atoms with E-state index in [0.717, 1.165) is 43.5 Å². The lowest BCUT2D eigenvalue weighted by molar-refractivity contribution is 0.0977. The van der Waals surface area contributed by atoms with Crippen molar-refractivity contribution in [1.82, 2.24) is 4.72 Å². The number of carbonyl (C=O) groups excluding carboxylic acids is 1. The molecule has 5 rings (SSSR count). The minimum atomic E-state index is -3.74. The number of piperidine rings is 1. The second-order valence-electron chi connectivity index (χ2n) is 8.98. The first-order valence-electron chi connectivity index (χ1n) is 11.3. The fourth-order valence-corrected chi connectivity index (χ4v) is 5.59. The quantitative estimate of drug-likeness (QED) is 0.680. The number of anilines is 1. The van der Waals surface area contributed by atoms with Crippen molar-refractivity contribution < 1.29 is 22.3 Å². The largest absolute Gasteiger partial charge is 0.488 e. The van der Waals surface area contributed by atoms with Crippen molar-refractivity contribution in [1.29, 1.82) is 0 Å². The summed E-state index contributed by atoms with van der Waals surface area (Å²) in [6, 6.07) is 12.9. The predicted molar refractivity (Wildman–Crippen MR) is 120 cm³/mol. The van der Waals surface area contributed by atoms with E-state index in [9.17, 15) is 17.6 Å². The van der Waals surface area contributed by atoms with Crippen molar-refractivity contribution in [2.24, 2.45) is 0 Å². The first-order chi connectivity index (χ1) is 15.4. The SMILES string of the molecule is O=C(NS(=O)(=O)C1CC1)c1cc(C2CC2)c(O[C@@H]2CCCN(c3ccccc3)C2)cc1F. The minimum absolute atomic E-state index is 0.0872. The van der Waals surface area contributed by atoms with E-state index in [0.29, 0.717) is 25.1 Å². The van der Waals surface area contributed by atoms with Crippen LogP contribution >= 0.6 is 0 Å². The Balaban J connectivity index is 1.35. The van der Waals surface area contributed by atoms with Gasteiger partial charge in [0.05, 0.1) is 17.4 Å². The molecule has 2 aliphatic carbocycles. The van der Waals surface area contributed by atoms with Gasteiger partial charge in [0.25, 0.3) is 5.91 Å². The molecule has 2 aromatic rings. The monoisotopic (exact) mass is 458 g/mol. The minimum Gasteiger partial charge on any atom is -0.488 e. The van der Waals surface area contributed by atoms with Crippen LogP contribution in [0.15, 0.2) is 42.5 Å². The van der Waals surface area contributed by atoms with E-state index in [-0.39, 0.29) is 17.6 Å². The summed E-state index contributed by atoms with van der Waals surface area (Å²) in [4.78, 5) is 14.8. The summed E-state index contributed by atoms with van der Waals surface area (Å²) in [6.45, 7) is 1.65. The summed E-state index contributed by atoms with van der Waals surface area (Å²) in [5.74, 6) is -0.989. The van der Waals surface area contributed by atoms with E-state index in [1.165, 1.54) is 12.1 Å². The molecule has 170 valence electrons. The number of nitrogens with zero attached hydrogens (tertiary/aromatic N) is 1. The van der Waals surface area contributed by atoms with E-state index in [1.807, 2.05) is 22.9 Å². The lowest BCUT2D eigenvalue weighted by Crippen LogP contribution is -2.41. The molecular formula is C24H27FN2O4S. The second-order valence-corrected chi connectivity index (χ2v) is 10.9. The molecule has 1 saturated heterocycles. The maximum absolute atomic E-state index is 14.9. The van der Waals surface area contributed by atoms with Crippen molar-refractivity contribution in [3.05, 3.63) is 59.4 Å². The molecule has 1 aliphatic heterocycles. The van der Waals surface area contributed by atoms with Gasteiger partial charge >= 0.3 is 0 Å². The van der Waals surface area contributed by atoms with Crippen LogP contribution in [-0.2, 0) is 10.0 Å². The van der Waals surface area contributed by atoms with Gasteiger partial charge < -0.3 is 9.64 Å². The third-order valence-electron chi connectivity index (χ3n) is 6.35. The van der Waals surface area contributed by atoms with E-state index >= 15 is 0 Å². The molecule has 3 aliphatic rings. The normalized spacial score (nSPS) is 21.3. The Kier molecular flexibility index (Phi) is 5.57. The van der Waals surface area contributed by atoms with Crippen molar-refractivity contribution >= 4 is 21.6 Å². The molecule has 0 radical (unpaired) electrons. The number of hydrogen-bond donors (Lipinski definition) is 1. The number of halogens is 1. The fraction of sp³-hybridized carbons (Fsp3) is 0.458. The molecule has 0 bridgehead atoms. The molecule has 6 nitrogen and oxygen atoms in total. The van der Waals surface area contributed by atoms with E-state index < -0.39 is 27.0 Å². The Morgan fingerprint density at radius 2 is 1.81 bits per heavy atom. The summed E-state index contributed by atoms with van der Waals surface area (Å²) in [6.07, 6.45) is 4.72. The van der Waals surface area contributed by atoms with E-state index in [4.69, 9.17) is 4.74 Å². The van der Waals surface area contributed by atoms with Crippen LogP contribution in [0.4, 0.5) is 10.1 Å². The van der Waals surface area contributed by atoms with Gasteiger partial charge in [-0.2, -0.15) is 0 Å². The summed E-state index contributed by atoms with van der Waals surface area (Å²) in [5.41, 5.74) is 1.69. The van der Waals surface area contributed by atoms with Crippen molar-refractivity contribution in [3.63, 3.8) is 0 Å². The molecular weight excluding hydrogens is 431 g/mol. The number of nitrogens with one attached hydrogen (secondary N) is 1.